The van der Waals surface area contributed by atoms with Crippen molar-refractivity contribution in [2.75, 3.05) is 0 Å². The quantitative estimate of drug-likeness (QED) is 0.886. The highest BCUT2D eigenvalue weighted by Crippen LogP contribution is 2.26. The number of halogens is 1. The van der Waals surface area contributed by atoms with Gasteiger partial charge in [0.15, 0.2) is 0 Å². The lowest BCUT2D eigenvalue weighted by Gasteiger charge is -2.20. The van der Waals surface area contributed by atoms with Crippen LogP contribution in [0, 0.1) is 0 Å². The smallest absolute Gasteiger partial charge is 0.0406 e. The minimum absolute atomic E-state index is 0.153. The normalized spacial score (nSPS) is 14.5. The molecule has 0 fully saturated rings. The second-order valence-electron chi connectivity index (χ2n) is 4.35. The molecule has 1 aromatic carbocycles. The third-order valence-corrected chi connectivity index (χ3v) is 3.93. The molecule has 2 rings (SSSR count). The third kappa shape index (κ3) is 3.32. The Morgan fingerprint density at radius 1 is 1.24 bits per heavy atom. The molecule has 2 atom stereocenters. The Bertz CT molecular complexity index is 448. The van der Waals surface area contributed by atoms with E-state index in [2.05, 4.69) is 35.9 Å². The van der Waals surface area contributed by atoms with E-state index in [9.17, 15) is 0 Å². The molecule has 0 bridgehead atoms. The number of hydrogen-bond acceptors (Lipinski definition) is 2. The summed E-state index contributed by atoms with van der Waals surface area (Å²) < 4.78 is 0. The van der Waals surface area contributed by atoms with E-state index in [1.165, 1.54) is 11.1 Å². The Morgan fingerprint density at radius 2 is 1.94 bits per heavy atom. The fourth-order valence-electron chi connectivity index (χ4n) is 1.97. The zero-order chi connectivity index (χ0) is 12.3. The van der Waals surface area contributed by atoms with Crippen LogP contribution in [0.25, 0.3) is 0 Å². The van der Waals surface area contributed by atoms with Gasteiger partial charge in [0.1, 0.15) is 0 Å². The van der Waals surface area contributed by atoms with Gasteiger partial charge in [0.2, 0.25) is 0 Å². The van der Waals surface area contributed by atoms with E-state index >= 15 is 0 Å². The monoisotopic (exact) mass is 265 g/mol. The lowest BCUT2D eigenvalue weighted by atomic mass is 9.89. The highest BCUT2D eigenvalue weighted by molar-refractivity contribution is 7.07. The van der Waals surface area contributed by atoms with E-state index in [0.717, 1.165) is 11.4 Å². The van der Waals surface area contributed by atoms with Gasteiger partial charge >= 0.3 is 0 Å². The Morgan fingerprint density at radius 3 is 2.47 bits per heavy atom. The fourth-order valence-corrected chi connectivity index (χ4v) is 2.82. The number of rotatable bonds is 4. The summed E-state index contributed by atoms with van der Waals surface area (Å²) in [6, 6.07) is 10.3. The molecule has 1 heterocycles. The maximum Gasteiger partial charge on any atom is 0.0406 e. The van der Waals surface area contributed by atoms with Crippen LogP contribution in [0.15, 0.2) is 41.1 Å². The van der Waals surface area contributed by atoms with Crippen LogP contribution in [0.3, 0.4) is 0 Å². The molecule has 1 aromatic heterocycles. The first-order valence-corrected chi connectivity index (χ1v) is 7.01. The Hall–Kier alpha value is -0.830. The van der Waals surface area contributed by atoms with Gasteiger partial charge in [-0.05, 0) is 53.4 Å². The zero-order valence-corrected chi connectivity index (χ0v) is 11.3. The molecule has 0 aliphatic rings. The molecule has 0 spiro atoms. The molecule has 0 saturated heterocycles. The van der Waals surface area contributed by atoms with Crippen molar-refractivity contribution in [3.63, 3.8) is 0 Å². The first-order chi connectivity index (χ1) is 8.16. The molecular weight excluding hydrogens is 250 g/mol. The van der Waals surface area contributed by atoms with Crippen molar-refractivity contribution >= 4 is 22.9 Å². The molecular formula is C14H16ClNS. The van der Waals surface area contributed by atoms with Crippen LogP contribution in [0.5, 0.6) is 0 Å². The topological polar surface area (TPSA) is 26.0 Å². The molecule has 0 radical (unpaired) electrons. The minimum atomic E-state index is 0.153. The predicted molar refractivity (Wildman–Crippen MR) is 75.9 cm³/mol. The summed E-state index contributed by atoms with van der Waals surface area (Å²) >= 11 is 7.61. The molecule has 2 N–H and O–H groups in total. The number of hydrogen-bond donors (Lipinski definition) is 1. The van der Waals surface area contributed by atoms with Gasteiger partial charge in [0.05, 0.1) is 0 Å². The molecule has 17 heavy (non-hydrogen) atoms. The molecule has 90 valence electrons. The zero-order valence-electron chi connectivity index (χ0n) is 9.77. The Labute approximate surface area is 111 Å². The van der Waals surface area contributed by atoms with Gasteiger partial charge in [-0.15, -0.1) is 0 Å². The van der Waals surface area contributed by atoms with Crippen molar-refractivity contribution in [2.45, 2.75) is 25.3 Å². The summed E-state index contributed by atoms with van der Waals surface area (Å²) in [6.45, 7) is 2.07. The average molecular weight is 266 g/mol. The Balaban J connectivity index is 2.16. The van der Waals surface area contributed by atoms with Crippen molar-refractivity contribution in [3.05, 3.63) is 57.2 Å². The molecule has 0 aliphatic carbocycles. The van der Waals surface area contributed by atoms with Crippen LogP contribution in [0.1, 0.15) is 24.0 Å². The predicted octanol–water partition coefficient (Wildman–Crippen LogP) is 4.08. The van der Waals surface area contributed by atoms with Crippen LogP contribution in [0.2, 0.25) is 5.02 Å². The molecule has 0 amide bonds. The SMILES string of the molecule is C[C@@H](N)[C@@H](Cc1ccc(Cl)cc1)c1ccsc1. The van der Waals surface area contributed by atoms with E-state index in [4.69, 9.17) is 17.3 Å². The maximum atomic E-state index is 6.08. The van der Waals surface area contributed by atoms with Crippen molar-refractivity contribution in [3.8, 4) is 0 Å². The summed E-state index contributed by atoms with van der Waals surface area (Å²) in [5.41, 5.74) is 8.70. The Kier molecular flexibility index (Phi) is 4.21. The van der Waals surface area contributed by atoms with E-state index in [-0.39, 0.29) is 6.04 Å². The molecule has 2 aromatic rings. The van der Waals surface area contributed by atoms with Crippen LogP contribution in [-0.2, 0) is 6.42 Å². The summed E-state index contributed by atoms with van der Waals surface area (Å²) in [5, 5.41) is 5.07. The maximum absolute atomic E-state index is 6.08. The van der Waals surface area contributed by atoms with E-state index in [1.807, 2.05) is 12.1 Å². The standard InChI is InChI=1S/C14H16ClNS/c1-10(16)14(12-6-7-17-9-12)8-11-2-4-13(15)5-3-11/h2-7,9-10,14H,8,16H2,1H3/t10-,14-/m1/s1. The average Bonchev–Trinajstić information content (AvgIpc) is 2.81. The van der Waals surface area contributed by atoms with Crippen molar-refractivity contribution in [1.29, 1.82) is 0 Å². The van der Waals surface area contributed by atoms with Gasteiger partial charge < -0.3 is 5.73 Å². The molecule has 3 heteroatoms. The van der Waals surface area contributed by atoms with Crippen LogP contribution in [-0.4, -0.2) is 6.04 Å². The summed E-state index contributed by atoms with van der Waals surface area (Å²) in [6.07, 6.45) is 0.964. The van der Waals surface area contributed by atoms with Crippen LogP contribution in [0.4, 0.5) is 0 Å². The highest BCUT2D eigenvalue weighted by Gasteiger charge is 2.17. The summed E-state index contributed by atoms with van der Waals surface area (Å²) in [4.78, 5) is 0. The lowest BCUT2D eigenvalue weighted by molar-refractivity contribution is 0.566. The van der Waals surface area contributed by atoms with Gasteiger partial charge in [0.25, 0.3) is 0 Å². The first kappa shape index (κ1) is 12.6. The molecule has 0 unspecified atom stereocenters. The van der Waals surface area contributed by atoms with Gasteiger partial charge in [-0.1, -0.05) is 23.7 Å². The molecule has 0 aliphatic heterocycles. The van der Waals surface area contributed by atoms with Gasteiger partial charge in [0, 0.05) is 17.0 Å². The molecule has 1 nitrogen and oxygen atoms in total. The summed E-state index contributed by atoms with van der Waals surface area (Å²) in [7, 11) is 0. The number of thiophene rings is 1. The van der Waals surface area contributed by atoms with Gasteiger partial charge in [-0.25, -0.2) is 0 Å². The largest absolute Gasteiger partial charge is 0.327 e. The van der Waals surface area contributed by atoms with Crippen molar-refractivity contribution in [1.82, 2.24) is 0 Å². The molecule has 0 saturated carbocycles. The van der Waals surface area contributed by atoms with E-state index < -0.39 is 0 Å². The van der Waals surface area contributed by atoms with Crippen molar-refractivity contribution < 1.29 is 0 Å². The number of benzene rings is 1. The highest BCUT2D eigenvalue weighted by atomic mass is 35.5. The lowest BCUT2D eigenvalue weighted by Crippen LogP contribution is -2.26. The summed E-state index contributed by atoms with van der Waals surface area (Å²) in [5.74, 6) is 0.377. The first-order valence-electron chi connectivity index (χ1n) is 5.69. The van der Waals surface area contributed by atoms with Crippen molar-refractivity contribution in [2.24, 2.45) is 5.73 Å². The number of nitrogens with two attached hydrogens (primary N) is 1. The van der Waals surface area contributed by atoms with E-state index in [0.29, 0.717) is 5.92 Å². The van der Waals surface area contributed by atoms with Crippen LogP contribution >= 0.6 is 22.9 Å². The van der Waals surface area contributed by atoms with Gasteiger partial charge in [-0.2, -0.15) is 11.3 Å². The van der Waals surface area contributed by atoms with E-state index in [1.54, 1.807) is 11.3 Å². The second kappa shape index (κ2) is 5.67. The van der Waals surface area contributed by atoms with Crippen LogP contribution < -0.4 is 5.73 Å². The van der Waals surface area contributed by atoms with Gasteiger partial charge in [-0.3, -0.25) is 0 Å². The third-order valence-electron chi connectivity index (χ3n) is 2.97. The fraction of sp³-hybridized carbons (Fsp3) is 0.286. The second-order valence-corrected chi connectivity index (χ2v) is 5.57. The minimum Gasteiger partial charge on any atom is -0.327 e.